The highest BCUT2D eigenvalue weighted by atomic mass is 16.2. The molecule has 2 aromatic carbocycles. The lowest BCUT2D eigenvalue weighted by molar-refractivity contribution is -0.121. The number of primary amides is 1. The second kappa shape index (κ2) is 9.51. The summed E-state index contributed by atoms with van der Waals surface area (Å²) in [5.41, 5.74) is 7.76. The van der Waals surface area contributed by atoms with Gasteiger partial charge in [0, 0.05) is 11.3 Å². The normalized spacial score (nSPS) is 16.5. The third-order valence-electron chi connectivity index (χ3n) is 5.70. The fourth-order valence-electron chi connectivity index (χ4n) is 3.77. The van der Waals surface area contributed by atoms with Gasteiger partial charge in [-0.1, -0.05) is 30.3 Å². The van der Waals surface area contributed by atoms with Crippen LogP contribution in [0.3, 0.4) is 0 Å². The van der Waals surface area contributed by atoms with Gasteiger partial charge in [-0.25, -0.2) is 0 Å². The maximum absolute atomic E-state index is 12.6. The average molecular weight is 380 g/mol. The second-order valence-electron chi connectivity index (χ2n) is 7.61. The first-order valence-corrected chi connectivity index (χ1v) is 10.0. The Morgan fingerprint density at radius 1 is 1.07 bits per heavy atom. The van der Waals surface area contributed by atoms with Crippen LogP contribution in [-0.2, 0) is 11.2 Å². The largest absolute Gasteiger partial charge is 0.366 e. The fraction of sp³-hybridized carbons (Fsp3) is 0.391. The molecule has 0 aromatic heterocycles. The number of carbonyl (C=O) groups is 2. The number of nitrogens with one attached hydrogen (secondary N) is 1. The van der Waals surface area contributed by atoms with Gasteiger partial charge in [0.05, 0.1) is 6.04 Å². The zero-order chi connectivity index (χ0) is 19.9. The van der Waals surface area contributed by atoms with E-state index in [0.717, 1.165) is 38.3 Å². The molecule has 3 rings (SSSR count). The highest BCUT2D eigenvalue weighted by molar-refractivity contribution is 5.96. The van der Waals surface area contributed by atoms with Crippen LogP contribution in [0.5, 0.6) is 0 Å². The molecular formula is C23H29N3O2. The predicted octanol–water partition coefficient (Wildman–Crippen LogP) is 3.46. The maximum Gasteiger partial charge on any atom is 0.248 e. The first-order chi connectivity index (χ1) is 13.5. The van der Waals surface area contributed by atoms with E-state index < -0.39 is 5.91 Å². The van der Waals surface area contributed by atoms with Gasteiger partial charge in [0.2, 0.25) is 11.8 Å². The quantitative estimate of drug-likeness (QED) is 0.774. The minimum absolute atomic E-state index is 0.0189. The van der Waals surface area contributed by atoms with E-state index in [1.54, 1.807) is 24.3 Å². The Kier molecular flexibility index (Phi) is 6.82. The van der Waals surface area contributed by atoms with Crippen LogP contribution in [0.15, 0.2) is 54.6 Å². The molecular weight excluding hydrogens is 350 g/mol. The first kappa shape index (κ1) is 20.1. The molecule has 2 amide bonds. The van der Waals surface area contributed by atoms with Gasteiger partial charge < -0.3 is 11.1 Å². The van der Waals surface area contributed by atoms with E-state index >= 15 is 0 Å². The highest BCUT2D eigenvalue weighted by Crippen LogP contribution is 2.24. The average Bonchev–Trinajstić information content (AvgIpc) is 2.73. The molecule has 0 bridgehead atoms. The van der Waals surface area contributed by atoms with Gasteiger partial charge in [0.15, 0.2) is 0 Å². The number of nitrogens with zero attached hydrogens (tertiary/aromatic N) is 1. The Morgan fingerprint density at radius 3 is 2.32 bits per heavy atom. The molecule has 1 fully saturated rings. The van der Waals surface area contributed by atoms with E-state index in [2.05, 4.69) is 40.5 Å². The number of rotatable bonds is 7. The lowest BCUT2D eigenvalue weighted by Crippen LogP contribution is -2.46. The summed E-state index contributed by atoms with van der Waals surface area (Å²) in [5, 5.41) is 2.93. The van der Waals surface area contributed by atoms with E-state index in [1.165, 1.54) is 12.0 Å². The van der Waals surface area contributed by atoms with Crippen molar-refractivity contribution in [2.24, 2.45) is 11.7 Å². The van der Waals surface area contributed by atoms with Crippen molar-refractivity contribution >= 4 is 17.5 Å². The predicted molar refractivity (Wildman–Crippen MR) is 112 cm³/mol. The van der Waals surface area contributed by atoms with Crippen molar-refractivity contribution in [2.75, 3.05) is 18.4 Å². The summed E-state index contributed by atoms with van der Waals surface area (Å²) in [7, 11) is 0. The SMILES string of the molecule is C[C@H](C(=O)Nc1ccc(C(N)=O)cc1)N1CCC(CCc2ccccc2)CC1. The molecule has 1 aliphatic rings. The second-order valence-corrected chi connectivity index (χ2v) is 7.61. The number of anilines is 1. The number of piperidine rings is 1. The number of carbonyl (C=O) groups excluding carboxylic acids is 2. The lowest BCUT2D eigenvalue weighted by Gasteiger charge is -2.35. The molecule has 5 heteroatoms. The van der Waals surface area contributed by atoms with Gasteiger partial charge in [-0.05, 0) is 81.4 Å². The third-order valence-corrected chi connectivity index (χ3v) is 5.70. The van der Waals surface area contributed by atoms with E-state index in [0.29, 0.717) is 11.3 Å². The standard InChI is InChI=1S/C23H29N3O2/c1-17(23(28)25-21-11-9-20(10-12-21)22(24)27)26-15-13-19(14-16-26)8-7-18-5-3-2-4-6-18/h2-6,9-12,17,19H,7-8,13-16H2,1H3,(H2,24,27)(H,25,28)/t17-/m1/s1. The van der Waals surface area contributed by atoms with Crippen molar-refractivity contribution in [3.05, 3.63) is 65.7 Å². The van der Waals surface area contributed by atoms with E-state index in [-0.39, 0.29) is 11.9 Å². The monoisotopic (exact) mass is 379 g/mol. The number of amides is 2. The smallest absolute Gasteiger partial charge is 0.248 e. The molecule has 0 spiro atoms. The summed E-state index contributed by atoms with van der Waals surface area (Å²) >= 11 is 0. The number of hydrogen-bond donors (Lipinski definition) is 2. The first-order valence-electron chi connectivity index (χ1n) is 10.0. The number of likely N-dealkylation sites (tertiary alicyclic amines) is 1. The van der Waals surface area contributed by atoms with Crippen molar-refractivity contribution in [3.63, 3.8) is 0 Å². The number of aryl methyl sites for hydroxylation is 1. The van der Waals surface area contributed by atoms with Crippen molar-refractivity contribution < 1.29 is 9.59 Å². The van der Waals surface area contributed by atoms with Crippen LogP contribution in [0, 0.1) is 5.92 Å². The van der Waals surface area contributed by atoms with Crippen molar-refractivity contribution in [1.82, 2.24) is 4.90 Å². The molecule has 148 valence electrons. The molecule has 1 saturated heterocycles. The van der Waals surface area contributed by atoms with Gasteiger partial charge in [-0.3, -0.25) is 14.5 Å². The molecule has 1 aliphatic heterocycles. The summed E-state index contributed by atoms with van der Waals surface area (Å²) < 4.78 is 0. The van der Waals surface area contributed by atoms with Crippen molar-refractivity contribution in [2.45, 2.75) is 38.6 Å². The van der Waals surface area contributed by atoms with E-state index in [9.17, 15) is 9.59 Å². The van der Waals surface area contributed by atoms with Crippen LogP contribution in [0.1, 0.15) is 42.1 Å². The Balaban J connectivity index is 1.44. The zero-order valence-corrected chi connectivity index (χ0v) is 16.4. The van der Waals surface area contributed by atoms with Crippen LogP contribution < -0.4 is 11.1 Å². The van der Waals surface area contributed by atoms with Gasteiger partial charge in [-0.2, -0.15) is 0 Å². The number of nitrogens with two attached hydrogens (primary N) is 1. The molecule has 2 aromatic rings. The van der Waals surface area contributed by atoms with Crippen molar-refractivity contribution in [1.29, 1.82) is 0 Å². The van der Waals surface area contributed by atoms with Gasteiger partial charge in [-0.15, -0.1) is 0 Å². The van der Waals surface area contributed by atoms with Crippen molar-refractivity contribution in [3.8, 4) is 0 Å². The molecule has 5 nitrogen and oxygen atoms in total. The summed E-state index contributed by atoms with van der Waals surface area (Å²) in [6.07, 6.45) is 4.61. The fourth-order valence-corrected chi connectivity index (χ4v) is 3.77. The Morgan fingerprint density at radius 2 is 1.71 bits per heavy atom. The summed E-state index contributed by atoms with van der Waals surface area (Å²) in [6, 6.07) is 17.1. The molecule has 1 atom stereocenters. The molecule has 0 aliphatic carbocycles. The topological polar surface area (TPSA) is 75.4 Å². The van der Waals surface area contributed by atoms with Crippen LogP contribution in [0.2, 0.25) is 0 Å². The molecule has 3 N–H and O–H groups in total. The van der Waals surface area contributed by atoms with Crippen LogP contribution in [0.25, 0.3) is 0 Å². The molecule has 0 saturated carbocycles. The number of hydrogen-bond acceptors (Lipinski definition) is 3. The van der Waals surface area contributed by atoms with E-state index in [4.69, 9.17) is 5.73 Å². The minimum atomic E-state index is -0.471. The van der Waals surface area contributed by atoms with E-state index in [1.807, 2.05) is 6.92 Å². The van der Waals surface area contributed by atoms with Crippen LogP contribution in [0.4, 0.5) is 5.69 Å². The highest BCUT2D eigenvalue weighted by Gasteiger charge is 2.26. The summed E-state index contributed by atoms with van der Waals surface area (Å²) in [5.74, 6) is 0.240. The summed E-state index contributed by atoms with van der Waals surface area (Å²) in [6.45, 7) is 3.86. The van der Waals surface area contributed by atoms with Crippen LogP contribution in [-0.4, -0.2) is 35.8 Å². The zero-order valence-electron chi connectivity index (χ0n) is 16.4. The van der Waals surface area contributed by atoms with Gasteiger partial charge in [0.25, 0.3) is 0 Å². The molecule has 28 heavy (non-hydrogen) atoms. The Bertz CT molecular complexity index is 781. The number of benzene rings is 2. The minimum Gasteiger partial charge on any atom is -0.366 e. The maximum atomic E-state index is 12.6. The van der Waals surface area contributed by atoms with Gasteiger partial charge in [0.1, 0.15) is 0 Å². The lowest BCUT2D eigenvalue weighted by atomic mass is 9.90. The molecule has 1 heterocycles. The molecule has 0 radical (unpaired) electrons. The Labute approximate surface area is 166 Å². The van der Waals surface area contributed by atoms with Gasteiger partial charge >= 0.3 is 0 Å². The summed E-state index contributed by atoms with van der Waals surface area (Å²) in [4.78, 5) is 26.0. The van der Waals surface area contributed by atoms with Crippen LogP contribution >= 0.6 is 0 Å². The third kappa shape index (κ3) is 5.42. The molecule has 0 unspecified atom stereocenters. The Hall–Kier alpha value is -2.66.